The summed E-state index contributed by atoms with van der Waals surface area (Å²) < 4.78 is 24.3. The van der Waals surface area contributed by atoms with E-state index >= 15 is 0 Å². The monoisotopic (exact) mass is 396 g/mol. The number of ether oxygens (including phenoxy) is 1. The van der Waals surface area contributed by atoms with Gasteiger partial charge in [-0.3, -0.25) is 0 Å². The lowest BCUT2D eigenvalue weighted by Crippen LogP contribution is -2.40. The molecule has 3 aromatic rings. The average Bonchev–Trinajstić information content (AvgIpc) is 3.26. The third kappa shape index (κ3) is 4.21. The predicted molar refractivity (Wildman–Crippen MR) is 105 cm³/mol. The van der Waals surface area contributed by atoms with Gasteiger partial charge in [0.1, 0.15) is 11.6 Å². The number of hydrogen-bond donors (Lipinski definition) is 1. The largest absolute Gasteiger partial charge is 0.497 e. The summed E-state index contributed by atoms with van der Waals surface area (Å²) in [4.78, 5) is 18.6. The van der Waals surface area contributed by atoms with Gasteiger partial charge in [-0.05, 0) is 49.2 Å². The quantitative estimate of drug-likeness (QED) is 0.711. The normalized spacial score (nSPS) is 14.6. The van der Waals surface area contributed by atoms with E-state index in [1.54, 1.807) is 30.2 Å². The Kier molecular flexibility index (Phi) is 5.41. The van der Waals surface area contributed by atoms with Crippen molar-refractivity contribution in [1.29, 1.82) is 0 Å². The number of nitrogens with zero attached hydrogens (tertiary/aromatic N) is 3. The Hall–Kier alpha value is -3.42. The zero-order chi connectivity index (χ0) is 20.2. The SMILES string of the molecule is COc1ccc(-c2noc(C3CCN(C(=O)Nc4ccccc4F)CC3)n2)cc1. The molecule has 8 heteroatoms. The molecule has 1 fully saturated rings. The first-order valence-electron chi connectivity index (χ1n) is 9.42. The van der Waals surface area contributed by atoms with Crippen molar-refractivity contribution in [3.8, 4) is 17.1 Å². The van der Waals surface area contributed by atoms with E-state index < -0.39 is 5.82 Å². The summed E-state index contributed by atoms with van der Waals surface area (Å²) in [5.41, 5.74) is 1.03. The molecule has 0 saturated carbocycles. The first kappa shape index (κ1) is 18.9. The lowest BCUT2D eigenvalue weighted by atomic mass is 9.97. The number of nitrogens with one attached hydrogen (secondary N) is 1. The lowest BCUT2D eigenvalue weighted by Gasteiger charge is -2.30. The highest BCUT2D eigenvalue weighted by Crippen LogP contribution is 2.29. The second kappa shape index (κ2) is 8.30. The number of carbonyl (C=O) groups excluding carboxylic acids is 1. The van der Waals surface area contributed by atoms with Crippen LogP contribution in [0.2, 0.25) is 0 Å². The lowest BCUT2D eigenvalue weighted by molar-refractivity contribution is 0.187. The van der Waals surface area contributed by atoms with E-state index in [-0.39, 0.29) is 17.6 Å². The molecule has 2 amide bonds. The molecule has 2 heterocycles. The summed E-state index contributed by atoms with van der Waals surface area (Å²) in [6.45, 7) is 1.07. The van der Waals surface area contributed by atoms with E-state index in [0.29, 0.717) is 37.6 Å². The number of methoxy groups -OCH3 is 1. The fourth-order valence-corrected chi connectivity index (χ4v) is 3.34. The van der Waals surface area contributed by atoms with E-state index in [2.05, 4.69) is 15.5 Å². The van der Waals surface area contributed by atoms with Crippen LogP contribution in [0.1, 0.15) is 24.7 Å². The summed E-state index contributed by atoms with van der Waals surface area (Å²) in [5.74, 6) is 1.51. The van der Waals surface area contributed by atoms with Gasteiger partial charge < -0.3 is 19.5 Å². The molecule has 1 aliphatic heterocycles. The first-order chi connectivity index (χ1) is 14.1. The topological polar surface area (TPSA) is 80.5 Å². The minimum Gasteiger partial charge on any atom is -0.497 e. The van der Waals surface area contributed by atoms with Crippen LogP contribution in [-0.4, -0.2) is 41.3 Å². The maximum absolute atomic E-state index is 13.7. The van der Waals surface area contributed by atoms with Gasteiger partial charge in [-0.25, -0.2) is 9.18 Å². The summed E-state index contributed by atoms with van der Waals surface area (Å²) in [6, 6.07) is 13.3. The van der Waals surface area contributed by atoms with Gasteiger partial charge in [0.25, 0.3) is 0 Å². The number of hydrogen-bond acceptors (Lipinski definition) is 5. The summed E-state index contributed by atoms with van der Waals surface area (Å²) in [6.07, 6.45) is 1.41. The van der Waals surface area contributed by atoms with E-state index in [1.165, 1.54) is 6.07 Å². The minimum atomic E-state index is -0.451. The predicted octanol–water partition coefficient (Wildman–Crippen LogP) is 4.30. The van der Waals surface area contributed by atoms with Crippen molar-refractivity contribution >= 4 is 11.7 Å². The molecule has 7 nitrogen and oxygen atoms in total. The van der Waals surface area contributed by atoms with Gasteiger partial charge in [0.05, 0.1) is 12.8 Å². The zero-order valence-corrected chi connectivity index (χ0v) is 16.0. The molecule has 1 aromatic heterocycles. The molecule has 1 saturated heterocycles. The highest BCUT2D eigenvalue weighted by Gasteiger charge is 2.28. The van der Waals surface area contributed by atoms with E-state index in [4.69, 9.17) is 9.26 Å². The molecular formula is C21H21FN4O3. The number of amides is 2. The highest BCUT2D eigenvalue weighted by molar-refractivity contribution is 5.89. The second-order valence-corrected chi connectivity index (χ2v) is 6.86. The minimum absolute atomic E-state index is 0.0898. The molecule has 0 atom stereocenters. The molecule has 29 heavy (non-hydrogen) atoms. The Balaban J connectivity index is 1.35. The van der Waals surface area contributed by atoms with Gasteiger partial charge in [0, 0.05) is 24.6 Å². The van der Waals surface area contributed by atoms with E-state index in [1.807, 2.05) is 24.3 Å². The number of likely N-dealkylation sites (tertiary alicyclic amines) is 1. The van der Waals surface area contributed by atoms with Crippen LogP contribution in [0.3, 0.4) is 0 Å². The fourth-order valence-electron chi connectivity index (χ4n) is 3.34. The molecule has 2 aromatic carbocycles. The molecule has 150 valence electrons. The fraction of sp³-hybridized carbons (Fsp3) is 0.286. The van der Waals surface area contributed by atoms with Crippen molar-refractivity contribution in [1.82, 2.24) is 15.0 Å². The third-order valence-electron chi connectivity index (χ3n) is 5.04. The van der Waals surface area contributed by atoms with Crippen LogP contribution in [0.25, 0.3) is 11.4 Å². The average molecular weight is 396 g/mol. The van der Waals surface area contributed by atoms with Crippen molar-refractivity contribution < 1.29 is 18.4 Å². The van der Waals surface area contributed by atoms with Crippen LogP contribution >= 0.6 is 0 Å². The number of para-hydroxylation sites is 1. The molecule has 0 aliphatic carbocycles. The maximum atomic E-state index is 13.7. The first-order valence-corrected chi connectivity index (χ1v) is 9.42. The van der Waals surface area contributed by atoms with Gasteiger partial charge >= 0.3 is 6.03 Å². The van der Waals surface area contributed by atoms with Crippen molar-refractivity contribution in [2.45, 2.75) is 18.8 Å². The Morgan fingerprint density at radius 2 is 1.90 bits per heavy atom. The van der Waals surface area contributed by atoms with Crippen molar-refractivity contribution in [3.63, 3.8) is 0 Å². The van der Waals surface area contributed by atoms with E-state index in [9.17, 15) is 9.18 Å². The maximum Gasteiger partial charge on any atom is 0.321 e. The molecule has 1 N–H and O–H groups in total. The van der Waals surface area contributed by atoms with Crippen LogP contribution in [0, 0.1) is 5.82 Å². The van der Waals surface area contributed by atoms with Crippen LogP contribution in [0.4, 0.5) is 14.9 Å². The van der Waals surface area contributed by atoms with Gasteiger partial charge in [-0.2, -0.15) is 4.98 Å². The molecule has 0 bridgehead atoms. The van der Waals surface area contributed by atoms with Crippen molar-refractivity contribution in [2.24, 2.45) is 0 Å². The van der Waals surface area contributed by atoms with Crippen LogP contribution in [-0.2, 0) is 0 Å². The van der Waals surface area contributed by atoms with E-state index in [0.717, 1.165) is 11.3 Å². The second-order valence-electron chi connectivity index (χ2n) is 6.86. The molecule has 1 aliphatic rings. The van der Waals surface area contributed by atoms with Crippen molar-refractivity contribution in [2.75, 3.05) is 25.5 Å². The Labute approximate surface area is 167 Å². The van der Waals surface area contributed by atoms with Gasteiger partial charge in [-0.1, -0.05) is 17.3 Å². The number of carbonyl (C=O) groups is 1. The smallest absolute Gasteiger partial charge is 0.321 e. The number of anilines is 1. The number of piperidine rings is 1. The summed E-state index contributed by atoms with van der Waals surface area (Å²) >= 11 is 0. The molecule has 0 unspecified atom stereocenters. The summed E-state index contributed by atoms with van der Waals surface area (Å²) in [5, 5.41) is 6.70. The molecule has 4 rings (SSSR count). The van der Waals surface area contributed by atoms with Crippen molar-refractivity contribution in [3.05, 3.63) is 60.2 Å². The van der Waals surface area contributed by atoms with Crippen LogP contribution < -0.4 is 10.1 Å². The molecule has 0 spiro atoms. The number of urea groups is 1. The van der Waals surface area contributed by atoms with Gasteiger partial charge in [0.2, 0.25) is 11.7 Å². The zero-order valence-electron chi connectivity index (χ0n) is 16.0. The standard InChI is InChI=1S/C21H21FN4O3/c1-28-16-8-6-14(7-9-16)19-24-20(29-25-19)15-10-12-26(13-11-15)21(27)23-18-5-3-2-4-17(18)22/h2-9,15H,10-13H2,1H3,(H,23,27). The third-order valence-corrected chi connectivity index (χ3v) is 5.04. The van der Waals surface area contributed by atoms with Crippen LogP contribution in [0.5, 0.6) is 5.75 Å². The Bertz CT molecular complexity index is 982. The van der Waals surface area contributed by atoms with Crippen LogP contribution in [0.15, 0.2) is 53.1 Å². The molecule has 0 radical (unpaired) electrons. The van der Waals surface area contributed by atoms with Gasteiger partial charge in [-0.15, -0.1) is 0 Å². The number of benzene rings is 2. The number of aromatic nitrogens is 2. The number of rotatable bonds is 4. The Morgan fingerprint density at radius 3 is 2.59 bits per heavy atom. The summed E-state index contributed by atoms with van der Waals surface area (Å²) in [7, 11) is 1.62. The Morgan fingerprint density at radius 1 is 1.17 bits per heavy atom. The number of halogens is 1. The highest BCUT2D eigenvalue weighted by atomic mass is 19.1. The molecular weight excluding hydrogens is 375 g/mol. The van der Waals surface area contributed by atoms with Gasteiger partial charge in [0.15, 0.2) is 0 Å².